The topological polar surface area (TPSA) is 92.1 Å². The van der Waals surface area contributed by atoms with E-state index < -0.39 is 23.5 Å². The summed E-state index contributed by atoms with van der Waals surface area (Å²) in [4.78, 5) is 28.7. The van der Waals surface area contributed by atoms with E-state index in [1.54, 1.807) is 25.1 Å². The lowest BCUT2D eigenvalue weighted by Gasteiger charge is -2.28. The van der Waals surface area contributed by atoms with Gasteiger partial charge in [0.05, 0.1) is 11.6 Å². The monoisotopic (exact) mass is 339 g/mol. The first-order valence-electron chi connectivity index (χ1n) is 8.07. The predicted octanol–water partition coefficient (Wildman–Crippen LogP) is 2.83. The van der Waals surface area contributed by atoms with Crippen molar-refractivity contribution >= 4 is 22.8 Å². The zero-order chi connectivity index (χ0) is 18.6. The standard InChI is InChI=1S/C19H21N3O3/c1-12(2)19(4,11-20)22-17(23)13(3)25-18(24)16-10-9-14-7-5-6-8-15(14)21-16/h5-10,12-13H,1-4H3,(H,22,23). The molecule has 0 saturated heterocycles. The Morgan fingerprint density at radius 1 is 1.20 bits per heavy atom. The number of carbonyl (C=O) groups excluding carboxylic acids is 2. The molecule has 2 atom stereocenters. The van der Waals surface area contributed by atoms with Gasteiger partial charge in [0.1, 0.15) is 11.2 Å². The number of ether oxygens (including phenoxy) is 1. The van der Waals surface area contributed by atoms with Crippen LogP contribution in [-0.4, -0.2) is 28.5 Å². The van der Waals surface area contributed by atoms with Crippen LogP contribution >= 0.6 is 0 Å². The van der Waals surface area contributed by atoms with E-state index in [-0.39, 0.29) is 11.6 Å². The summed E-state index contributed by atoms with van der Waals surface area (Å²) in [7, 11) is 0. The minimum absolute atomic E-state index is 0.0912. The Hall–Kier alpha value is -2.94. The number of benzene rings is 1. The van der Waals surface area contributed by atoms with Gasteiger partial charge in [0.15, 0.2) is 6.10 Å². The molecule has 1 amide bonds. The number of hydrogen-bond donors (Lipinski definition) is 1. The normalized spacial score (nSPS) is 14.4. The summed E-state index contributed by atoms with van der Waals surface area (Å²) in [5, 5.41) is 12.8. The minimum Gasteiger partial charge on any atom is -0.448 e. The van der Waals surface area contributed by atoms with Gasteiger partial charge in [0, 0.05) is 5.39 Å². The molecule has 0 aliphatic carbocycles. The number of nitriles is 1. The maximum atomic E-state index is 12.2. The summed E-state index contributed by atoms with van der Waals surface area (Å²) >= 11 is 0. The number of para-hydroxylation sites is 1. The van der Waals surface area contributed by atoms with Gasteiger partial charge in [-0.05, 0) is 31.9 Å². The highest BCUT2D eigenvalue weighted by molar-refractivity contribution is 5.93. The Morgan fingerprint density at radius 2 is 1.88 bits per heavy atom. The summed E-state index contributed by atoms with van der Waals surface area (Å²) in [6.45, 7) is 6.76. The molecule has 0 aliphatic heterocycles. The molecule has 130 valence electrons. The van der Waals surface area contributed by atoms with Gasteiger partial charge < -0.3 is 10.1 Å². The zero-order valence-electron chi connectivity index (χ0n) is 14.7. The lowest BCUT2D eigenvalue weighted by Crippen LogP contribution is -2.52. The highest BCUT2D eigenvalue weighted by Crippen LogP contribution is 2.16. The van der Waals surface area contributed by atoms with Gasteiger partial charge in [0.25, 0.3) is 5.91 Å². The predicted molar refractivity (Wildman–Crippen MR) is 93.6 cm³/mol. The first kappa shape index (κ1) is 18.4. The van der Waals surface area contributed by atoms with Crippen LogP contribution in [0.3, 0.4) is 0 Å². The van der Waals surface area contributed by atoms with E-state index in [1.807, 2.05) is 32.0 Å². The molecule has 2 unspecified atom stereocenters. The molecule has 0 radical (unpaired) electrons. The number of carbonyl (C=O) groups is 2. The molecule has 0 spiro atoms. The van der Waals surface area contributed by atoms with E-state index in [0.717, 1.165) is 5.39 Å². The fourth-order valence-corrected chi connectivity index (χ4v) is 2.11. The van der Waals surface area contributed by atoms with E-state index in [0.29, 0.717) is 5.52 Å². The smallest absolute Gasteiger partial charge is 0.357 e. The van der Waals surface area contributed by atoms with E-state index >= 15 is 0 Å². The molecule has 2 rings (SSSR count). The Kier molecular flexibility index (Phi) is 5.38. The molecular formula is C19H21N3O3. The van der Waals surface area contributed by atoms with Crippen molar-refractivity contribution in [2.75, 3.05) is 0 Å². The summed E-state index contributed by atoms with van der Waals surface area (Å²) in [5.41, 5.74) is -0.227. The molecule has 0 fully saturated rings. The lowest BCUT2D eigenvalue weighted by atomic mass is 9.90. The Bertz CT molecular complexity index is 841. The fraction of sp³-hybridized carbons (Fsp3) is 0.368. The quantitative estimate of drug-likeness (QED) is 0.846. The molecule has 0 bridgehead atoms. The average molecular weight is 339 g/mol. The highest BCUT2D eigenvalue weighted by Gasteiger charge is 2.32. The molecule has 6 heteroatoms. The number of hydrogen-bond acceptors (Lipinski definition) is 5. The van der Waals surface area contributed by atoms with Crippen LogP contribution in [0.15, 0.2) is 36.4 Å². The van der Waals surface area contributed by atoms with Gasteiger partial charge in [-0.15, -0.1) is 0 Å². The van der Waals surface area contributed by atoms with Crippen molar-refractivity contribution in [3.63, 3.8) is 0 Å². The summed E-state index contributed by atoms with van der Waals surface area (Å²) in [6.07, 6.45) is -1.04. The largest absolute Gasteiger partial charge is 0.448 e. The second kappa shape index (κ2) is 7.31. The third kappa shape index (κ3) is 4.13. The second-order valence-corrected chi connectivity index (χ2v) is 6.39. The molecule has 0 aliphatic rings. The van der Waals surface area contributed by atoms with Gasteiger partial charge in [-0.25, -0.2) is 9.78 Å². The summed E-state index contributed by atoms with van der Waals surface area (Å²) in [6, 6.07) is 12.8. The second-order valence-electron chi connectivity index (χ2n) is 6.39. The number of nitrogens with zero attached hydrogens (tertiary/aromatic N) is 2. The number of aromatic nitrogens is 1. The van der Waals surface area contributed by atoms with Gasteiger partial charge in [-0.1, -0.05) is 38.1 Å². The highest BCUT2D eigenvalue weighted by atomic mass is 16.5. The van der Waals surface area contributed by atoms with Crippen molar-refractivity contribution in [1.82, 2.24) is 10.3 Å². The average Bonchev–Trinajstić information content (AvgIpc) is 2.60. The number of amides is 1. The number of esters is 1. The summed E-state index contributed by atoms with van der Waals surface area (Å²) < 4.78 is 5.19. The van der Waals surface area contributed by atoms with Crippen molar-refractivity contribution in [3.8, 4) is 6.07 Å². The first-order valence-corrected chi connectivity index (χ1v) is 8.07. The van der Waals surface area contributed by atoms with Crippen molar-refractivity contribution in [1.29, 1.82) is 5.26 Å². The maximum Gasteiger partial charge on any atom is 0.357 e. The van der Waals surface area contributed by atoms with E-state index in [1.165, 1.54) is 6.92 Å². The molecule has 6 nitrogen and oxygen atoms in total. The third-order valence-corrected chi connectivity index (χ3v) is 4.23. The Labute approximate surface area is 146 Å². The van der Waals surface area contributed by atoms with Gasteiger partial charge in [-0.2, -0.15) is 5.26 Å². The van der Waals surface area contributed by atoms with Crippen molar-refractivity contribution in [3.05, 3.63) is 42.1 Å². The molecule has 0 saturated carbocycles. The van der Waals surface area contributed by atoms with Crippen LogP contribution in [0.25, 0.3) is 10.9 Å². The SMILES string of the molecule is CC(OC(=O)c1ccc2ccccc2n1)C(=O)NC(C)(C#N)C(C)C. The van der Waals surface area contributed by atoms with E-state index in [9.17, 15) is 14.9 Å². The van der Waals surface area contributed by atoms with Crippen molar-refractivity contribution in [2.24, 2.45) is 5.92 Å². The fourth-order valence-electron chi connectivity index (χ4n) is 2.11. The number of nitrogens with one attached hydrogen (secondary N) is 1. The molecule has 1 heterocycles. The van der Waals surface area contributed by atoms with Crippen LogP contribution in [0.5, 0.6) is 0 Å². The van der Waals surface area contributed by atoms with Crippen LogP contribution in [0, 0.1) is 17.2 Å². The molecule has 1 aromatic carbocycles. The Morgan fingerprint density at radius 3 is 2.52 bits per heavy atom. The van der Waals surface area contributed by atoms with E-state index in [2.05, 4.69) is 16.4 Å². The Balaban J connectivity index is 2.08. The maximum absolute atomic E-state index is 12.2. The van der Waals surface area contributed by atoms with Crippen molar-refractivity contribution < 1.29 is 14.3 Å². The number of rotatable bonds is 5. The van der Waals surface area contributed by atoms with Crippen LogP contribution in [0.1, 0.15) is 38.2 Å². The third-order valence-electron chi connectivity index (χ3n) is 4.23. The van der Waals surface area contributed by atoms with Gasteiger partial charge in [0.2, 0.25) is 0 Å². The van der Waals surface area contributed by atoms with Crippen molar-refractivity contribution in [2.45, 2.75) is 39.3 Å². The first-order chi connectivity index (χ1) is 11.8. The minimum atomic E-state index is -1.04. The van der Waals surface area contributed by atoms with Gasteiger partial charge >= 0.3 is 5.97 Å². The van der Waals surface area contributed by atoms with Crippen LogP contribution in [0.2, 0.25) is 0 Å². The molecule has 25 heavy (non-hydrogen) atoms. The molecule has 2 aromatic rings. The molecule has 1 aromatic heterocycles. The van der Waals surface area contributed by atoms with Crippen LogP contribution < -0.4 is 5.32 Å². The van der Waals surface area contributed by atoms with Crippen LogP contribution in [-0.2, 0) is 9.53 Å². The van der Waals surface area contributed by atoms with Crippen LogP contribution in [0.4, 0.5) is 0 Å². The number of pyridine rings is 1. The van der Waals surface area contributed by atoms with E-state index in [4.69, 9.17) is 4.74 Å². The zero-order valence-corrected chi connectivity index (χ0v) is 14.7. The molecular weight excluding hydrogens is 318 g/mol. The van der Waals surface area contributed by atoms with Gasteiger partial charge in [-0.3, -0.25) is 4.79 Å². The molecule has 1 N–H and O–H groups in total. The summed E-state index contributed by atoms with van der Waals surface area (Å²) in [5.74, 6) is -1.30. The number of fused-ring (bicyclic) bond motifs is 1. The lowest BCUT2D eigenvalue weighted by molar-refractivity contribution is -0.130.